The minimum Gasteiger partial charge on any atom is -0.444 e. The van der Waals surface area contributed by atoms with Crippen LogP contribution in [0.1, 0.15) is 27.2 Å². The number of hydrogen-bond donors (Lipinski definition) is 1. The molecular formula is C11H20F2N2O2. The molecule has 0 bridgehead atoms. The van der Waals surface area contributed by atoms with Crippen molar-refractivity contribution in [3.63, 3.8) is 0 Å². The summed E-state index contributed by atoms with van der Waals surface area (Å²) in [6.07, 6.45) is -0.891. The van der Waals surface area contributed by atoms with E-state index in [1.54, 1.807) is 20.8 Å². The van der Waals surface area contributed by atoms with Crippen molar-refractivity contribution in [1.82, 2.24) is 10.2 Å². The Hall–Kier alpha value is -0.910. The number of rotatable bonds is 1. The summed E-state index contributed by atoms with van der Waals surface area (Å²) in [5, 5.41) is 2.62. The first-order valence-corrected chi connectivity index (χ1v) is 5.65. The number of amides is 1. The van der Waals surface area contributed by atoms with E-state index in [2.05, 4.69) is 5.32 Å². The number of ether oxygens (including phenoxy) is 1. The van der Waals surface area contributed by atoms with Gasteiger partial charge in [-0.25, -0.2) is 13.6 Å². The Morgan fingerprint density at radius 2 is 2.06 bits per heavy atom. The first-order valence-electron chi connectivity index (χ1n) is 5.65. The van der Waals surface area contributed by atoms with Crippen LogP contribution in [0, 0.1) is 0 Å². The van der Waals surface area contributed by atoms with Gasteiger partial charge in [-0.2, -0.15) is 0 Å². The van der Waals surface area contributed by atoms with E-state index < -0.39 is 23.7 Å². The molecule has 0 aliphatic carbocycles. The Bertz CT molecular complexity index is 290. The van der Waals surface area contributed by atoms with Crippen molar-refractivity contribution in [2.75, 3.05) is 20.1 Å². The molecule has 0 radical (unpaired) electrons. The van der Waals surface area contributed by atoms with Gasteiger partial charge in [-0.3, -0.25) is 0 Å². The lowest BCUT2D eigenvalue weighted by Gasteiger charge is -2.36. The summed E-state index contributed by atoms with van der Waals surface area (Å²) in [6, 6.07) is -0.534. The third-order valence-corrected chi connectivity index (χ3v) is 2.53. The molecule has 1 N–H and O–H groups in total. The minimum atomic E-state index is -2.76. The Balaban J connectivity index is 2.57. The highest BCUT2D eigenvalue weighted by molar-refractivity contribution is 5.68. The van der Waals surface area contributed by atoms with E-state index in [-0.39, 0.29) is 13.0 Å². The summed E-state index contributed by atoms with van der Waals surface area (Å²) in [6.45, 7) is 5.27. The van der Waals surface area contributed by atoms with Crippen molar-refractivity contribution in [3.8, 4) is 0 Å². The largest absolute Gasteiger partial charge is 0.444 e. The Morgan fingerprint density at radius 1 is 1.47 bits per heavy atom. The maximum absolute atomic E-state index is 13.2. The SMILES string of the molecule is CN(C(=O)OC(C)(C)C)[C@@H]1CNCC(F)(F)C1. The molecule has 1 aliphatic rings. The second kappa shape index (κ2) is 4.76. The molecule has 17 heavy (non-hydrogen) atoms. The lowest BCUT2D eigenvalue weighted by atomic mass is 10.0. The molecule has 0 spiro atoms. The zero-order chi connectivity index (χ0) is 13.3. The molecule has 1 aliphatic heterocycles. The first kappa shape index (κ1) is 14.2. The van der Waals surface area contributed by atoms with Crippen LogP contribution in [0.25, 0.3) is 0 Å². The molecule has 6 heteroatoms. The second-order valence-electron chi connectivity index (χ2n) is 5.44. The van der Waals surface area contributed by atoms with Gasteiger partial charge in [0.1, 0.15) is 5.60 Å². The van der Waals surface area contributed by atoms with Gasteiger partial charge >= 0.3 is 6.09 Å². The molecule has 0 saturated carbocycles. The highest BCUT2D eigenvalue weighted by atomic mass is 19.3. The summed E-state index contributed by atoms with van der Waals surface area (Å²) >= 11 is 0. The van der Waals surface area contributed by atoms with Gasteiger partial charge in [0.05, 0.1) is 12.6 Å². The molecule has 1 rings (SSSR count). The highest BCUT2D eigenvalue weighted by Gasteiger charge is 2.39. The number of hydrogen-bond acceptors (Lipinski definition) is 3. The molecule has 1 heterocycles. The Labute approximate surface area is 100 Å². The lowest BCUT2D eigenvalue weighted by Crippen LogP contribution is -2.54. The van der Waals surface area contributed by atoms with Gasteiger partial charge in [0, 0.05) is 20.0 Å². The van der Waals surface area contributed by atoms with E-state index in [4.69, 9.17) is 4.74 Å². The average Bonchev–Trinajstić information content (AvgIpc) is 2.12. The summed E-state index contributed by atoms with van der Waals surface area (Å²) < 4.78 is 31.5. The second-order valence-corrected chi connectivity index (χ2v) is 5.44. The number of nitrogens with one attached hydrogen (secondary N) is 1. The van der Waals surface area contributed by atoms with Crippen molar-refractivity contribution in [2.24, 2.45) is 0 Å². The number of piperidine rings is 1. The fourth-order valence-corrected chi connectivity index (χ4v) is 1.67. The number of alkyl halides is 2. The van der Waals surface area contributed by atoms with Gasteiger partial charge in [0.25, 0.3) is 5.92 Å². The fraction of sp³-hybridized carbons (Fsp3) is 0.909. The summed E-state index contributed by atoms with van der Waals surface area (Å²) in [4.78, 5) is 12.9. The van der Waals surface area contributed by atoms with Gasteiger partial charge in [-0.15, -0.1) is 0 Å². The molecule has 1 atom stereocenters. The van der Waals surface area contributed by atoms with Crippen LogP contribution in [0.15, 0.2) is 0 Å². The van der Waals surface area contributed by atoms with Crippen LogP contribution in [0.4, 0.5) is 13.6 Å². The third kappa shape index (κ3) is 4.46. The Kier molecular flexibility index (Phi) is 3.96. The van der Waals surface area contributed by atoms with Gasteiger partial charge in [-0.05, 0) is 20.8 Å². The van der Waals surface area contributed by atoms with Crippen LogP contribution in [-0.2, 0) is 4.74 Å². The number of carbonyl (C=O) groups excluding carboxylic acids is 1. The predicted octanol–water partition coefficient (Wildman–Crippen LogP) is 1.85. The zero-order valence-corrected chi connectivity index (χ0v) is 10.7. The van der Waals surface area contributed by atoms with Crippen LogP contribution >= 0.6 is 0 Å². The molecule has 0 unspecified atom stereocenters. The number of halogens is 2. The van der Waals surface area contributed by atoms with Gasteiger partial charge < -0.3 is 15.0 Å². The van der Waals surface area contributed by atoms with E-state index >= 15 is 0 Å². The lowest BCUT2D eigenvalue weighted by molar-refractivity contribution is -0.0507. The van der Waals surface area contributed by atoms with Gasteiger partial charge in [-0.1, -0.05) is 0 Å². The fourth-order valence-electron chi connectivity index (χ4n) is 1.67. The van der Waals surface area contributed by atoms with Crippen LogP contribution in [-0.4, -0.2) is 48.7 Å². The average molecular weight is 250 g/mol. The van der Waals surface area contributed by atoms with E-state index in [0.29, 0.717) is 6.54 Å². The predicted molar refractivity (Wildman–Crippen MR) is 60.2 cm³/mol. The van der Waals surface area contributed by atoms with Crippen LogP contribution in [0.2, 0.25) is 0 Å². The third-order valence-electron chi connectivity index (χ3n) is 2.53. The number of carbonyl (C=O) groups is 1. The van der Waals surface area contributed by atoms with Crippen molar-refractivity contribution >= 4 is 6.09 Å². The van der Waals surface area contributed by atoms with Gasteiger partial charge in [0.2, 0.25) is 0 Å². The van der Waals surface area contributed by atoms with Crippen molar-refractivity contribution in [1.29, 1.82) is 0 Å². The molecule has 100 valence electrons. The van der Waals surface area contributed by atoms with E-state index in [9.17, 15) is 13.6 Å². The molecule has 0 aromatic rings. The summed E-state index contributed by atoms with van der Waals surface area (Å²) in [7, 11) is 1.49. The maximum Gasteiger partial charge on any atom is 0.410 e. The van der Waals surface area contributed by atoms with E-state index in [0.717, 1.165) is 0 Å². The normalized spacial score (nSPS) is 24.2. The zero-order valence-electron chi connectivity index (χ0n) is 10.7. The van der Waals surface area contributed by atoms with Crippen molar-refractivity contribution in [3.05, 3.63) is 0 Å². The monoisotopic (exact) mass is 250 g/mol. The Morgan fingerprint density at radius 3 is 2.53 bits per heavy atom. The molecular weight excluding hydrogens is 230 g/mol. The first-order chi connectivity index (χ1) is 7.61. The van der Waals surface area contributed by atoms with Crippen LogP contribution in [0.5, 0.6) is 0 Å². The summed E-state index contributed by atoms with van der Waals surface area (Å²) in [5.41, 5.74) is -0.615. The smallest absolute Gasteiger partial charge is 0.410 e. The summed E-state index contributed by atoms with van der Waals surface area (Å²) in [5.74, 6) is -2.76. The van der Waals surface area contributed by atoms with Crippen LogP contribution in [0.3, 0.4) is 0 Å². The van der Waals surface area contributed by atoms with Crippen LogP contribution < -0.4 is 5.32 Å². The number of nitrogens with zero attached hydrogens (tertiary/aromatic N) is 1. The number of likely N-dealkylation sites (N-methyl/N-ethyl adjacent to an activating group) is 1. The van der Waals surface area contributed by atoms with E-state index in [1.165, 1.54) is 11.9 Å². The molecule has 0 aromatic carbocycles. The topological polar surface area (TPSA) is 41.6 Å². The highest BCUT2D eigenvalue weighted by Crippen LogP contribution is 2.25. The van der Waals surface area contributed by atoms with E-state index in [1.807, 2.05) is 0 Å². The van der Waals surface area contributed by atoms with Gasteiger partial charge in [0.15, 0.2) is 0 Å². The standard InChI is InChI=1S/C11H20F2N2O2/c1-10(2,3)17-9(16)15(4)8-5-11(12,13)7-14-6-8/h8,14H,5-7H2,1-4H3/t8-/m0/s1. The quantitative estimate of drug-likeness (QED) is 0.772. The molecule has 1 saturated heterocycles. The molecule has 4 nitrogen and oxygen atoms in total. The molecule has 1 fully saturated rings. The molecule has 0 aromatic heterocycles. The minimum absolute atomic E-state index is 0.324. The van der Waals surface area contributed by atoms with Crippen molar-refractivity contribution in [2.45, 2.75) is 44.8 Å². The molecule has 1 amide bonds. The van der Waals surface area contributed by atoms with Crippen molar-refractivity contribution < 1.29 is 18.3 Å². The maximum atomic E-state index is 13.2.